The number of nitrogens with one attached hydrogen (secondary N) is 1. The lowest BCUT2D eigenvalue weighted by atomic mass is 9.96. The smallest absolute Gasteiger partial charge is 0.255 e. The predicted octanol–water partition coefficient (Wildman–Crippen LogP) is 3.78. The van der Waals surface area contributed by atoms with Crippen molar-refractivity contribution < 1.29 is 9.18 Å². The predicted molar refractivity (Wildman–Crippen MR) is 97.1 cm³/mol. The minimum atomic E-state index is -0.619. The molecule has 0 aliphatic carbocycles. The average Bonchev–Trinajstić information content (AvgIpc) is 3.04. The number of rotatable bonds is 4. The second kappa shape index (κ2) is 7.03. The van der Waals surface area contributed by atoms with Crippen LogP contribution < -0.4 is 5.32 Å². The van der Waals surface area contributed by atoms with Crippen molar-refractivity contribution in [2.24, 2.45) is 5.41 Å². The summed E-state index contributed by atoms with van der Waals surface area (Å²) in [7, 11) is 0. The molecule has 0 atom stereocenters. The Hall–Kier alpha value is -3.09. The Balaban J connectivity index is 1.92. The Morgan fingerprint density at radius 1 is 1.19 bits per heavy atom. The fourth-order valence-electron chi connectivity index (χ4n) is 2.29. The van der Waals surface area contributed by atoms with Crippen molar-refractivity contribution in [3.8, 4) is 11.4 Å². The molecule has 0 fully saturated rings. The molecule has 0 saturated heterocycles. The average molecular weight is 353 g/mol. The van der Waals surface area contributed by atoms with Gasteiger partial charge in [-0.1, -0.05) is 32.9 Å². The summed E-state index contributed by atoms with van der Waals surface area (Å²) < 4.78 is 14.3. The molecule has 2 heterocycles. The van der Waals surface area contributed by atoms with Gasteiger partial charge in [0, 0.05) is 29.9 Å². The summed E-state index contributed by atoms with van der Waals surface area (Å²) in [6, 6.07) is 9.75. The molecule has 0 amide bonds. The fraction of sp³-hybridized carbons (Fsp3) is 0.263. The molecule has 0 aliphatic rings. The summed E-state index contributed by atoms with van der Waals surface area (Å²) in [5, 5.41) is 7.48. The standard InChI is InChI=1S/C19H20FN5O/c1-19(2,3)17(26)25-18(22-11-13-6-8-15(20)9-7-13)23-16(24-25)14-5-4-10-21-12-14/h4-10,12H,11H2,1-3H3,(H,22,23,24). The van der Waals surface area contributed by atoms with E-state index in [0.29, 0.717) is 18.3 Å². The number of pyridine rings is 1. The molecule has 1 N–H and O–H groups in total. The second-order valence-electron chi connectivity index (χ2n) is 6.95. The van der Waals surface area contributed by atoms with E-state index < -0.39 is 5.41 Å². The molecular weight excluding hydrogens is 333 g/mol. The van der Waals surface area contributed by atoms with Gasteiger partial charge < -0.3 is 5.32 Å². The number of anilines is 1. The summed E-state index contributed by atoms with van der Waals surface area (Å²) in [5.41, 5.74) is 0.969. The molecule has 26 heavy (non-hydrogen) atoms. The van der Waals surface area contributed by atoms with Crippen molar-refractivity contribution in [3.05, 3.63) is 60.2 Å². The summed E-state index contributed by atoms with van der Waals surface area (Å²) >= 11 is 0. The number of nitrogens with zero attached hydrogens (tertiary/aromatic N) is 4. The van der Waals surface area contributed by atoms with Crippen molar-refractivity contribution >= 4 is 11.9 Å². The van der Waals surface area contributed by atoms with Crippen LogP contribution in [0.1, 0.15) is 31.1 Å². The van der Waals surface area contributed by atoms with Crippen LogP contribution >= 0.6 is 0 Å². The van der Waals surface area contributed by atoms with Crippen LogP contribution in [0.3, 0.4) is 0 Å². The van der Waals surface area contributed by atoms with Gasteiger partial charge in [0.2, 0.25) is 5.95 Å². The molecule has 0 aliphatic heterocycles. The van der Waals surface area contributed by atoms with Crippen LogP contribution in [0.25, 0.3) is 11.4 Å². The largest absolute Gasteiger partial charge is 0.350 e. The van der Waals surface area contributed by atoms with Crippen molar-refractivity contribution in [2.45, 2.75) is 27.3 Å². The van der Waals surface area contributed by atoms with Crippen molar-refractivity contribution in [1.29, 1.82) is 0 Å². The van der Waals surface area contributed by atoms with Gasteiger partial charge in [-0.15, -0.1) is 5.10 Å². The maximum atomic E-state index is 13.0. The topological polar surface area (TPSA) is 72.7 Å². The molecule has 7 heteroatoms. The Labute approximate surface area is 151 Å². The van der Waals surface area contributed by atoms with E-state index in [4.69, 9.17) is 0 Å². The number of carbonyl (C=O) groups excluding carboxylic acids is 1. The minimum absolute atomic E-state index is 0.179. The van der Waals surface area contributed by atoms with Gasteiger partial charge >= 0.3 is 0 Å². The zero-order valence-corrected chi connectivity index (χ0v) is 14.9. The fourth-order valence-corrected chi connectivity index (χ4v) is 2.29. The molecular formula is C19H20FN5O. The third-order valence-electron chi connectivity index (χ3n) is 3.72. The number of hydrogen-bond donors (Lipinski definition) is 1. The zero-order valence-electron chi connectivity index (χ0n) is 14.9. The normalized spacial score (nSPS) is 11.4. The number of halogens is 1. The lowest BCUT2D eigenvalue weighted by Gasteiger charge is -2.17. The molecule has 1 aromatic carbocycles. The molecule has 0 unspecified atom stereocenters. The van der Waals surface area contributed by atoms with E-state index >= 15 is 0 Å². The molecule has 3 aromatic rings. The van der Waals surface area contributed by atoms with Gasteiger partial charge in [0.15, 0.2) is 5.82 Å². The molecule has 3 rings (SSSR count). The van der Waals surface area contributed by atoms with Gasteiger partial charge in [-0.3, -0.25) is 9.78 Å². The van der Waals surface area contributed by atoms with E-state index in [0.717, 1.165) is 11.1 Å². The lowest BCUT2D eigenvalue weighted by Crippen LogP contribution is -2.29. The third kappa shape index (κ3) is 3.93. The van der Waals surface area contributed by atoms with E-state index in [1.807, 2.05) is 26.8 Å². The number of hydrogen-bond acceptors (Lipinski definition) is 5. The first-order valence-electron chi connectivity index (χ1n) is 8.25. The summed E-state index contributed by atoms with van der Waals surface area (Å²) in [6.07, 6.45) is 3.31. The van der Waals surface area contributed by atoms with E-state index in [1.54, 1.807) is 30.6 Å². The maximum absolute atomic E-state index is 13.0. The quantitative estimate of drug-likeness (QED) is 0.773. The molecule has 0 radical (unpaired) electrons. The van der Waals surface area contributed by atoms with Crippen molar-refractivity contribution in [3.63, 3.8) is 0 Å². The zero-order chi connectivity index (χ0) is 18.7. The summed E-state index contributed by atoms with van der Waals surface area (Å²) in [4.78, 5) is 21.3. The van der Waals surface area contributed by atoms with E-state index in [9.17, 15) is 9.18 Å². The monoisotopic (exact) mass is 353 g/mol. The van der Waals surface area contributed by atoms with Crippen LogP contribution in [-0.4, -0.2) is 25.7 Å². The van der Waals surface area contributed by atoms with Crippen molar-refractivity contribution in [1.82, 2.24) is 19.7 Å². The van der Waals surface area contributed by atoms with Gasteiger partial charge in [-0.05, 0) is 29.8 Å². The van der Waals surface area contributed by atoms with Gasteiger partial charge in [0.05, 0.1) is 0 Å². The van der Waals surface area contributed by atoms with E-state index in [-0.39, 0.29) is 11.7 Å². The molecule has 6 nitrogen and oxygen atoms in total. The van der Waals surface area contributed by atoms with Crippen LogP contribution in [0.2, 0.25) is 0 Å². The van der Waals surface area contributed by atoms with E-state index in [1.165, 1.54) is 16.8 Å². The van der Waals surface area contributed by atoms with Gasteiger partial charge in [-0.2, -0.15) is 9.67 Å². The van der Waals surface area contributed by atoms with Crippen LogP contribution in [0.15, 0.2) is 48.8 Å². The Bertz CT molecular complexity index is 898. The molecule has 134 valence electrons. The minimum Gasteiger partial charge on any atom is -0.350 e. The SMILES string of the molecule is CC(C)(C)C(=O)n1nc(-c2cccnc2)nc1NCc1ccc(F)cc1. The van der Waals surface area contributed by atoms with Crippen LogP contribution in [-0.2, 0) is 6.54 Å². The summed E-state index contributed by atoms with van der Waals surface area (Å²) in [5.74, 6) is 0.283. The highest BCUT2D eigenvalue weighted by atomic mass is 19.1. The lowest BCUT2D eigenvalue weighted by molar-refractivity contribution is 0.0752. The third-order valence-corrected chi connectivity index (χ3v) is 3.72. The highest BCUT2D eigenvalue weighted by Crippen LogP contribution is 2.22. The van der Waals surface area contributed by atoms with Gasteiger partial charge in [-0.25, -0.2) is 4.39 Å². The highest BCUT2D eigenvalue weighted by molar-refractivity contribution is 5.86. The van der Waals surface area contributed by atoms with E-state index in [2.05, 4.69) is 20.4 Å². The molecule has 2 aromatic heterocycles. The Kier molecular flexibility index (Phi) is 4.79. The van der Waals surface area contributed by atoms with Gasteiger partial charge in [0.1, 0.15) is 5.82 Å². The molecule has 0 spiro atoms. The number of benzene rings is 1. The Morgan fingerprint density at radius 2 is 1.92 bits per heavy atom. The number of aromatic nitrogens is 4. The van der Waals surface area contributed by atoms with Crippen LogP contribution in [0.5, 0.6) is 0 Å². The first-order chi connectivity index (χ1) is 12.3. The Morgan fingerprint density at radius 3 is 2.54 bits per heavy atom. The second-order valence-corrected chi connectivity index (χ2v) is 6.95. The molecule has 0 bridgehead atoms. The highest BCUT2D eigenvalue weighted by Gasteiger charge is 2.27. The molecule has 0 saturated carbocycles. The van der Waals surface area contributed by atoms with Crippen LogP contribution in [0, 0.1) is 11.2 Å². The van der Waals surface area contributed by atoms with Crippen molar-refractivity contribution in [2.75, 3.05) is 5.32 Å². The summed E-state index contributed by atoms with van der Waals surface area (Å²) in [6.45, 7) is 5.86. The first kappa shape index (κ1) is 17.7. The van der Waals surface area contributed by atoms with Gasteiger partial charge in [0.25, 0.3) is 5.91 Å². The van der Waals surface area contributed by atoms with Crippen LogP contribution in [0.4, 0.5) is 10.3 Å². The maximum Gasteiger partial charge on any atom is 0.255 e. The first-order valence-corrected chi connectivity index (χ1v) is 8.25. The number of carbonyl (C=O) groups is 1.